The van der Waals surface area contributed by atoms with Crippen molar-refractivity contribution in [3.63, 3.8) is 0 Å². The first-order valence-corrected chi connectivity index (χ1v) is 6.62. The van der Waals surface area contributed by atoms with Crippen LogP contribution in [0.4, 0.5) is 0 Å². The molecule has 0 spiro atoms. The average Bonchev–Trinajstić information content (AvgIpc) is 2.38. The third-order valence-corrected chi connectivity index (χ3v) is 3.89. The van der Waals surface area contributed by atoms with Crippen LogP contribution in [-0.4, -0.2) is 11.1 Å². The molecule has 0 aromatic heterocycles. The Labute approximate surface area is 116 Å². The molecule has 2 aromatic rings. The molecule has 1 atom stereocenters. The maximum Gasteiger partial charge on any atom is 0.303 e. The molecule has 0 fully saturated rings. The molecular weight excluding hydrogens is 260 g/mol. The van der Waals surface area contributed by atoms with Crippen LogP contribution in [0.1, 0.15) is 23.5 Å². The second-order valence-electron chi connectivity index (χ2n) is 4.89. The highest BCUT2D eigenvalue weighted by atomic mass is 35.5. The lowest BCUT2D eigenvalue weighted by atomic mass is 9.77. The highest BCUT2D eigenvalue weighted by molar-refractivity contribution is 6.30. The third kappa shape index (κ3) is 2.24. The molecule has 0 bridgehead atoms. The largest absolute Gasteiger partial charge is 0.481 e. The van der Waals surface area contributed by atoms with Gasteiger partial charge in [-0.05, 0) is 46.7 Å². The minimum atomic E-state index is -0.759. The number of hydrogen-bond donors (Lipinski definition) is 1. The van der Waals surface area contributed by atoms with E-state index in [1.54, 1.807) is 0 Å². The maximum atomic E-state index is 11.0. The molecule has 0 heterocycles. The Morgan fingerprint density at radius 2 is 2.00 bits per heavy atom. The molecule has 96 valence electrons. The fourth-order valence-corrected chi connectivity index (χ4v) is 3.02. The SMILES string of the molecule is O=C(O)CC1Cc2ccccc2-c2cc(Cl)ccc21. The number of fused-ring (bicyclic) bond motifs is 3. The first-order valence-electron chi connectivity index (χ1n) is 6.24. The minimum Gasteiger partial charge on any atom is -0.481 e. The first kappa shape index (κ1) is 12.2. The lowest BCUT2D eigenvalue weighted by molar-refractivity contribution is -0.137. The van der Waals surface area contributed by atoms with Crippen LogP contribution < -0.4 is 0 Å². The number of aliphatic carboxylic acids is 1. The molecule has 0 saturated carbocycles. The Morgan fingerprint density at radius 1 is 1.21 bits per heavy atom. The van der Waals surface area contributed by atoms with Crippen molar-refractivity contribution < 1.29 is 9.90 Å². The van der Waals surface area contributed by atoms with Crippen molar-refractivity contribution >= 4 is 17.6 Å². The van der Waals surface area contributed by atoms with Crippen LogP contribution in [0.25, 0.3) is 11.1 Å². The summed E-state index contributed by atoms with van der Waals surface area (Å²) in [6.07, 6.45) is 0.931. The third-order valence-electron chi connectivity index (χ3n) is 3.65. The van der Waals surface area contributed by atoms with Gasteiger partial charge in [-0.2, -0.15) is 0 Å². The quantitative estimate of drug-likeness (QED) is 0.893. The van der Waals surface area contributed by atoms with Gasteiger partial charge in [-0.25, -0.2) is 0 Å². The van der Waals surface area contributed by atoms with Gasteiger partial charge in [-0.15, -0.1) is 0 Å². The van der Waals surface area contributed by atoms with Gasteiger partial charge < -0.3 is 5.11 Å². The highest BCUT2D eigenvalue weighted by Crippen LogP contribution is 2.41. The van der Waals surface area contributed by atoms with Crippen LogP contribution in [0.3, 0.4) is 0 Å². The molecule has 1 N–H and O–H groups in total. The van der Waals surface area contributed by atoms with E-state index in [0.29, 0.717) is 5.02 Å². The fourth-order valence-electron chi connectivity index (χ4n) is 2.85. The summed E-state index contributed by atoms with van der Waals surface area (Å²) in [5.41, 5.74) is 4.52. The van der Waals surface area contributed by atoms with Crippen molar-refractivity contribution in [1.29, 1.82) is 0 Å². The lowest BCUT2D eigenvalue weighted by Crippen LogP contribution is -2.14. The lowest BCUT2D eigenvalue weighted by Gasteiger charge is -2.27. The number of rotatable bonds is 2. The zero-order valence-electron chi connectivity index (χ0n) is 10.3. The van der Waals surface area contributed by atoms with Gasteiger partial charge in [-0.3, -0.25) is 4.79 Å². The highest BCUT2D eigenvalue weighted by Gasteiger charge is 2.26. The van der Waals surface area contributed by atoms with Crippen molar-refractivity contribution in [2.45, 2.75) is 18.8 Å². The van der Waals surface area contributed by atoms with Crippen LogP contribution >= 0.6 is 11.6 Å². The topological polar surface area (TPSA) is 37.3 Å². The molecule has 2 nitrogen and oxygen atoms in total. The van der Waals surface area contributed by atoms with E-state index in [4.69, 9.17) is 16.7 Å². The van der Waals surface area contributed by atoms with Gasteiger partial charge in [0.1, 0.15) is 0 Å². The number of benzene rings is 2. The Hall–Kier alpha value is -1.80. The van der Waals surface area contributed by atoms with Gasteiger partial charge in [0.25, 0.3) is 0 Å². The monoisotopic (exact) mass is 272 g/mol. The Bertz CT molecular complexity index is 649. The summed E-state index contributed by atoms with van der Waals surface area (Å²) in [6.45, 7) is 0. The predicted molar refractivity (Wildman–Crippen MR) is 75.6 cm³/mol. The second-order valence-corrected chi connectivity index (χ2v) is 5.32. The zero-order valence-corrected chi connectivity index (χ0v) is 11.0. The van der Waals surface area contributed by atoms with Crippen molar-refractivity contribution in [3.05, 3.63) is 58.6 Å². The van der Waals surface area contributed by atoms with Crippen LogP contribution in [0.2, 0.25) is 5.02 Å². The number of hydrogen-bond acceptors (Lipinski definition) is 1. The van der Waals surface area contributed by atoms with Crippen molar-refractivity contribution in [2.24, 2.45) is 0 Å². The van der Waals surface area contributed by atoms with Gasteiger partial charge >= 0.3 is 5.97 Å². The summed E-state index contributed by atoms with van der Waals surface area (Å²) in [5.74, 6) is -0.732. The molecular formula is C16H13ClO2. The number of carboxylic acids is 1. The average molecular weight is 273 g/mol. The predicted octanol–water partition coefficient (Wildman–Crippen LogP) is 4.12. The van der Waals surface area contributed by atoms with Crippen molar-refractivity contribution in [1.82, 2.24) is 0 Å². The van der Waals surface area contributed by atoms with E-state index >= 15 is 0 Å². The Morgan fingerprint density at radius 3 is 2.79 bits per heavy atom. The summed E-state index contributed by atoms with van der Waals surface area (Å²) in [4.78, 5) is 11.0. The van der Waals surface area contributed by atoms with Crippen LogP contribution in [0.5, 0.6) is 0 Å². The molecule has 1 aliphatic carbocycles. The smallest absolute Gasteiger partial charge is 0.303 e. The minimum absolute atomic E-state index is 0.0275. The summed E-state index contributed by atoms with van der Waals surface area (Å²) >= 11 is 6.08. The second kappa shape index (κ2) is 4.71. The van der Waals surface area contributed by atoms with Gasteiger partial charge in [0.05, 0.1) is 6.42 Å². The molecule has 3 rings (SSSR count). The van der Waals surface area contributed by atoms with E-state index in [9.17, 15) is 4.79 Å². The Balaban J connectivity index is 2.16. The van der Waals surface area contributed by atoms with Gasteiger partial charge in [0, 0.05) is 5.02 Å². The molecule has 1 unspecified atom stereocenters. The summed E-state index contributed by atoms with van der Waals surface area (Å²) in [6, 6.07) is 13.9. The summed E-state index contributed by atoms with van der Waals surface area (Å²) in [5, 5.41) is 9.75. The van der Waals surface area contributed by atoms with Crippen molar-refractivity contribution in [3.8, 4) is 11.1 Å². The van der Waals surface area contributed by atoms with Gasteiger partial charge in [0.2, 0.25) is 0 Å². The van der Waals surface area contributed by atoms with E-state index in [-0.39, 0.29) is 12.3 Å². The van der Waals surface area contributed by atoms with Gasteiger partial charge in [0.15, 0.2) is 0 Å². The zero-order chi connectivity index (χ0) is 13.4. The molecule has 1 aliphatic rings. The van der Waals surface area contributed by atoms with E-state index in [2.05, 4.69) is 12.1 Å². The molecule has 0 saturated heterocycles. The number of carboxylic acid groups (broad SMARTS) is 1. The number of halogens is 1. The maximum absolute atomic E-state index is 11.0. The number of carbonyl (C=O) groups is 1. The van der Waals surface area contributed by atoms with E-state index in [0.717, 1.165) is 17.5 Å². The van der Waals surface area contributed by atoms with Crippen LogP contribution in [-0.2, 0) is 11.2 Å². The molecule has 0 amide bonds. The summed E-state index contributed by atoms with van der Waals surface area (Å²) in [7, 11) is 0. The molecule has 3 heteroatoms. The first-order chi connectivity index (χ1) is 9.15. The van der Waals surface area contributed by atoms with E-state index in [1.807, 2.05) is 30.3 Å². The molecule has 19 heavy (non-hydrogen) atoms. The molecule has 0 aliphatic heterocycles. The van der Waals surface area contributed by atoms with E-state index in [1.165, 1.54) is 11.1 Å². The van der Waals surface area contributed by atoms with Crippen LogP contribution in [0.15, 0.2) is 42.5 Å². The molecule has 2 aromatic carbocycles. The van der Waals surface area contributed by atoms with Crippen molar-refractivity contribution in [2.75, 3.05) is 0 Å². The van der Waals surface area contributed by atoms with Crippen LogP contribution in [0, 0.1) is 0 Å². The Kier molecular flexibility index (Phi) is 3.03. The fraction of sp³-hybridized carbons (Fsp3) is 0.188. The summed E-state index contributed by atoms with van der Waals surface area (Å²) < 4.78 is 0. The van der Waals surface area contributed by atoms with E-state index < -0.39 is 5.97 Å². The van der Waals surface area contributed by atoms with Gasteiger partial charge in [-0.1, -0.05) is 41.9 Å². The molecule has 0 radical (unpaired) electrons. The standard InChI is InChI=1S/C16H13ClO2/c17-12-5-6-14-11(8-16(18)19)7-10-3-1-2-4-13(10)15(14)9-12/h1-6,9,11H,7-8H2,(H,18,19). The normalized spacial score (nSPS) is 16.6.